The fraction of sp³-hybridized carbons (Fsp3) is 0.818. The molecule has 62 heavy (non-hydrogen) atoms. The van der Waals surface area contributed by atoms with Gasteiger partial charge in [0, 0.05) is 26.1 Å². The first-order valence-electron chi connectivity index (χ1n) is 23.5. The van der Waals surface area contributed by atoms with Crippen LogP contribution in [0.4, 0.5) is 0 Å². The Hall–Kier alpha value is -4.64. The zero-order chi connectivity index (χ0) is 46.3. The van der Waals surface area contributed by atoms with E-state index in [4.69, 9.17) is 28.7 Å². The smallest absolute Gasteiger partial charge is 0.245 e. The lowest BCUT2D eigenvalue weighted by Crippen LogP contribution is -2.58. The van der Waals surface area contributed by atoms with Crippen molar-refractivity contribution in [3.63, 3.8) is 0 Å². The molecule has 0 saturated carbocycles. The molecule has 0 spiro atoms. The maximum Gasteiger partial charge on any atom is 0.245 e. The highest BCUT2D eigenvalue weighted by molar-refractivity contribution is 5.96. The number of carbonyl (C=O) groups excluding carboxylic acids is 6. The lowest BCUT2D eigenvalue weighted by atomic mass is 10.0. The highest BCUT2D eigenvalue weighted by Gasteiger charge is 2.39. The molecular formula is C44H84N12O6. The number of hydrogen-bond donors (Lipinski definition) is 9. The van der Waals surface area contributed by atoms with Crippen LogP contribution in [0.3, 0.4) is 0 Å². The fourth-order valence-corrected chi connectivity index (χ4v) is 7.63. The number of carbonyl (C=O) groups is 6. The van der Waals surface area contributed by atoms with Crippen LogP contribution in [-0.2, 0) is 28.8 Å². The summed E-state index contributed by atoms with van der Waals surface area (Å²) in [5, 5.41) is 11.0. The molecule has 0 unspecified atom stereocenters. The summed E-state index contributed by atoms with van der Waals surface area (Å²) in [7, 11) is 0. The van der Waals surface area contributed by atoms with E-state index in [1.807, 2.05) is 13.8 Å². The van der Waals surface area contributed by atoms with Crippen molar-refractivity contribution in [1.82, 2.24) is 26.2 Å². The van der Waals surface area contributed by atoms with Crippen LogP contribution < -0.4 is 49.9 Å². The number of guanidine groups is 2. The summed E-state index contributed by atoms with van der Waals surface area (Å²) in [6.45, 7) is 8.32. The molecule has 0 aromatic rings. The maximum atomic E-state index is 14.1. The second-order valence-electron chi connectivity index (χ2n) is 17.3. The number of amides is 6. The molecule has 0 aliphatic carbocycles. The van der Waals surface area contributed by atoms with Crippen LogP contribution in [0.15, 0.2) is 9.98 Å². The van der Waals surface area contributed by atoms with E-state index in [9.17, 15) is 28.8 Å². The third-order valence-electron chi connectivity index (χ3n) is 11.1. The van der Waals surface area contributed by atoms with Crippen LogP contribution in [0.25, 0.3) is 0 Å². The SMILES string of the molecule is CCCCCCCCCCCCCCCCCC(=O)N[C@@H](C)C(=O)N[C@@H](CCCN=C(N)N)C(=O)N[C@@H](CC(C)C)C(=O)N1CCC[C@H]1C(=O)N[C@@H](CCCN=C(N)N)C(N)=O. The number of hydrogen-bond acceptors (Lipinski definition) is 8. The monoisotopic (exact) mass is 877 g/mol. The molecule has 1 fully saturated rings. The fourth-order valence-electron chi connectivity index (χ4n) is 7.63. The lowest BCUT2D eigenvalue weighted by molar-refractivity contribution is -0.142. The molecule has 0 aromatic heterocycles. The van der Waals surface area contributed by atoms with Gasteiger partial charge < -0.3 is 54.8 Å². The lowest BCUT2D eigenvalue weighted by Gasteiger charge is -2.31. The molecule has 1 aliphatic heterocycles. The van der Waals surface area contributed by atoms with Crippen LogP contribution in [0.1, 0.15) is 175 Å². The molecule has 6 amide bonds. The summed E-state index contributed by atoms with van der Waals surface area (Å²) in [4.78, 5) is 89.1. The van der Waals surface area contributed by atoms with E-state index in [1.165, 1.54) is 75.5 Å². The van der Waals surface area contributed by atoms with E-state index < -0.39 is 59.7 Å². The first kappa shape index (κ1) is 55.4. The molecular weight excluding hydrogens is 793 g/mol. The second-order valence-corrected chi connectivity index (χ2v) is 17.3. The minimum Gasteiger partial charge on any atom is -0.370 e. The summed E-state index contributed by atoms with van der Waals surface area (Å²) in [6.07, 6.45) is 20.9. The van der Waals surface area contributed by atoms with Gasteiger partial charge in [0.15, 0.2) is 11.9 Å². The normalized spacial score (nSPS) is 15.5. The van der Waals surface area contributed by atoms with E-state index >= 15 is 0 Å². The Morgan fingerprint density at radius 2 is 1.08 bits per heavy atom. The Morgan fingerprint density at radius 3 is 1.56 bits per heavy atom. The number of nitrogens with two attached hydrogens (primary N) is 5. The first-order chi connectivity index (χ1) is 29.6. The van der Waals surface area contributed by atoms with Gasteiger partial charge in [-0.1, -0.05) is 111 Å². The molecule has 14 N–H and O–H groups in total. The van der Waals surface area contributed by atoms with Gasteiger partial charge in [0.2, 0.25) is 35.4 Å². The van der Waals surface area contributed by atoms with Gasteiger partial charge in [0.25, 0.3) is 0 Å². The third-order valence-corrected chi connectivity index (χ3v) is 11.1. The van der Waals surface area contributed by atoms with E-state index in [0.717, 1.165) is 25.7 Å². The quantitative estimate of drug-likeness (QED) is 0.0255. The number of likely N-dealkylation sites (tertiary alicyclic amines) is 1. The molecule has 5 atom stereocenters. The maximum absolute atomic E-state index is 14.1. The molecule has 1 rings (SSSR count). The van der Waals surface area contributed by atoms with Crippen molar-refractivity contribution in [1.29, 1.82) is 0 Å². The molecule has 1 saturated heterocycles. The Kier molecular flexibility index (Phi) is 29.5. The Bertz CT molecular complexity index is 1400. The van der Waals surface area contributed by atoms with Crippen molar-refractivity contribution in [2.45, 2.75) is 206 Å². The summed E-state index contributed by atoms with van der Waals surface area (Å²) < 4.78 is 0. The predicted octanol–water partition coefficient (Wildman–Crippen LogP) is 2.84. The topological polar surface area (TPSA) is 309 Å². The Labute approximate surface area is 371 Å². The minimum absolute atomic E-state index is 0.0294. The van der Waals surface area contributed by atoms with Gasteiger partial charge in [0.05, 0.1) is 0 Å². The average Bonchev–Trinajstić information content (AvgIpc) is 3.71. The van der Waals surface area contributed by atoms with E-state index in [0.29, 0.717) is 32.1 Å². The van der Waals surface area contributed by atoms with Gasteiger partial charge in [-0.05, 0) is 64.2 Å². The summed E-state index contributed by atoms with van der Waals surface area (Å²) in [5.74, 6) is -3.35. The molecule has 18 nitrogen and oxygen atoms in total. The molecule has 0 radical (unpaired) electrons. The van der Waals surface area contributed by atoms with Crippen molar-refractivity contribution >= 4 is 47.4 Å². The van der Waals surface area contributed by atoms with Crippen LogP contribution in [0.2, 0.25) is 0 Å². The minimum atomic E-state index is -1.08. The Morgan fingerprint density at radius 1 is 0.597 bits per heavy atom. The van der Waals surface area contributed by atoms with Gasteiger partial charge in [0.1, 0.15) is 30.2 Å². The predicted molar refractivity (Wildman–Crippen MR) is 246 cm³/mol. The number of aliphatic imine (C=N–C) groups is 2. The van der Waals surface area contributed by atoms with Crippen molar-refractivity contribution in [3.05, 3.63) is 0 Å². The highest BCUT2D eigenvalue weighted by atomic mass is 16.2. The van der Waals surface area contributed by atoms with Crippen molar-refractivity contribution in [2.75, 3.05) is 19.6 Å². The van der Waals surface area contributed by atoms with Gasteiger partial charge in [-0.2, -0.15) is 0 Å². The highest BCUT2D eigenvalue weighted by Crippen LogP contribution is 2.21. The molecule has 0 aromatic carbocycles. The van der Waals surface area contributed by atoms with Crippen LogP contribution in [0, 0.1) is 5.92 Å². The number of primary amides is 1. The summed E-state index contributed by atoms with van der Waals surface area (Å²) in [6, 6.07) is -4.90. The number of nitrogens with one attached hydrogen (secondary N) is 4. The molecule has 18 heteroatoms. The van der Waals surface area contributed by atoms with E-state index in [1.54, 1.807) is 6.92 Å². The Balaban J connectivity index is 2.78. The molecule has 0 bridgehead atoms. The zero-order valence-electron chi connectivity index (χ0n) is 38.5. The zero-order valence-corrected chi connectivity index (χ0v) is 38.5. The molecule has 356 valence electrons. The van der Waals surface area contributed by atoms with Gasteiger partial charge in [-0.15, -0.1) is 0 Å². The molecule has 1 aliphatic rings. The van der Waals surface area contributed by atoms with Crippen LogP contribution in [0.5, 0.6) is 0 Å². The van der Waals surface area contributed by atoms with Crippen molar-refractivity contribution in [2.24, 2.45) is 44.6 Å². The summed E-state index contributed by atoms with van der Waals surface area (Å²) >= 11 is 0. The third kappa shape index (κ3) is 25.3. The van der Waals surface area contributed by atoms with Crippen LogP contribution in [-0.4, -0.2) is 102 Å². The standard InChI is InChI=1S/C44H84N12O6/c1-5-6-7-8-9-10-11-12-13-14-15-16-17-18-19-26-37(57)52-32(4)39(59)54-34(24-21-28-51-44(48)49)40(60)55-35(30-31(2)3)42(62)56-29-22-25-36(56)41(61)53-33(38(45)58)23-20-27-50-43(46)47/h31-36H,5-30H2,1-4H3,(H2,45,58)(H,52,57)(H,53,61)(H,54,59)(H,55,60)(H4,46,47,50)(H4,48,49,51)/t32-,33-,34-,35-,36-/m0/s1. The van der Waals surface area contributed by atoms with Crippen molar-refractivity contribution < 1.29 is 28.8 Å². The van der Waals surface area contributed by atoms with Gasteiger partial charge in [-0.25, -0.2) is 0 Å². The van der Waals surface area contributed by atoms with Gasteiger partial charge >= 0.3 is 0 Å². The average molecular weight is 877 g/mol. The number of unbranched alkanes of at least 4 members (excludes halogenated alkanes) is 14. The number of nitrogens with zero attached hydrogens (tertiary/aromatic N) is 3. The van der Waals surface area contributed by atoms with E-state index in [-0.39, 0.29) is 62.6 Å². The molecule has 1 heterocycles. The van der Waals surface area contributed by atoms with Crippen molar-refractivity contribution in [3.8, 4) is 0 Å². The van der Waals surface area contributed by atoms with E-state index in [2.05, 4.69) is 38.2 Å². The summed E-state index contributed by atoms with van der Waals surface area (Å²) in [5.41, 5.74) is 27.3. The van der Waals surface area contributed by atoms with Gasteiger partial charge in [-0.3, -0.25) is 38.8 Å². The number of rotatable bonds is 35. The van der Waals surface area contributed by atoms with Crippen LogP contribution >= 0.6 is 0 Å². The largest absolute Gasteiger partial charge is 0.370 e. The first-order valence-corrected chi connectivity index (χ1v) is 23.5. The second kappa shape index (κ2) is 33.0.